The molecule has 0 saturated carbocycles. The molecule has 1 heterocycles. The van der Waals surface area contributed by atoms with Crippen molar-refractivity contribution in [1.82, 2.24) is 19.8 Å². The predicted molar refractivity (Wildman–Crippen MR) is 175 cm³/mol. The fourth-order valence-electron chi connectivity index (χ4n) is 5.48. The van der Waals surface area contributed by atoms with Gasteiger partial charge in [0.2, 0.25) is 15.9 Å². The van der Waals surface area contributed by atoms with Crippen molar-refractivity contribution in [2.75, 3.05) is 51.7 Å². The SMILES string of the molecule is CC(C)CN([C@H](CO)CCCNC(=O)[C@H](Cc1cccc2ccccc12)NC(=O)N1CCOCC1)S(=O)(=O)c1ccc(N)cc1. The Labute approximate surface area is 265 Å². The van der Waals surface area contributed by atoms with Crippen LogP contribution in [0.15, 0.2) is 71.6 Å². The van der Waals surface area contributed by atoms with Crippen molar-refractivity contribution in [2.24, 2.45) is 5.92 Å². The first-order valence-electron chi connectivity index (χ1n) is 15.5. The molecule has 45 heavy (non-hydrogen) atoms. The number of aliphatic hydroxyl groups is 1. The van der Waals surface area contributed by atoms with E-state index in [0.29, 0.717) is 51.3 Å². The first-order valence-corrected chi connectivity index (χ1v) is 16.9. The van der Waals surface area contributed by atoms with Gasteiger partial charge in [0.1, 0.15) is 6.04 Å². The number of urea groups is 1. The van der Waals surface area contributed by atoms with Gasteiger partial charge in [-0.25, -0.2) is 13.2 Å². The summed E-state index contributed by atoms with van der Waals surface area (Å²) in [7, 11) is -3.90. The number of nitrogens with one attached hydrogen (secondary N) is 2. The second-order valence-corrected chi connectivity index (χ2v) is 13.6. The van der Waals surface area contributed by atoms with Crippen LogP contribution in [-0.4, -0.2) is 92.8 Å². The molecule has 2 atom stereocenters. The van der Waals surface area contributed by atoms with Crippen molar-refractivity contribution in [3.8, 4) is 0 Å². The maximum Gasteiger partial charge on any atom is 0.318 e. The number of nitrogen functional groups attached to an aromatic ring is 1. The highest BCUT2D eigenvalue weighted by Crippen LogP contribution is 2.23. The Hall–Kier alpha value is -3.71. The van der Waals surface area contributed by atoms with Crippen LogP contribution in [0, 0.1) is 5.92 Å². The highest BCUT2D eigenvalue weighted by molar-refractivity contribution is 7.89. The summed E-state index contributed by atoms with van der Waals surface area (Å²) < 4.78 is 33.8. The Kier molecular flexibility index (Phi) is 12.2. The van der Waals surface area contributed by atoms with E-state index in [9.17, 15) is 23.1 Å². The Morgan fingerprint density at radius 1 is 1.02 bits per heavy atom. The van der Waals surface area contributed by atoms with Gasteiger partial charge in [-0.2, -0.15) is 4.31 Å². The predicted octanol–water partition coefficient (Wildman–Crippen LogP) is 2.98. The van der Waals surface area contributed by atoms with Crippen molar-refractivity contribution in [3.05, 3.63) is 72.3 Å². The smallest absolute Gasteiger partial charge is 0.318 e. The molecule has 12 heteroatoms. The van der Waals surface area contributed by atoms with Crippen molar-refractivity contribution < 1.29 is 27.9 Å². The number of amides is 3. The van der Waals surface area contributed by atoms with Crippen LogP contribution in [-0.2, 0) is 26.0 Å². The van der Waals surface area contributed by atoms with E-state index in [1.54, 1.807) is 4.90 Å². The summed E-state index contributed by atoms with van der Waals surface area (Å²) in [5.74, 6) is -0.314. The Bertz CT molecular complexity index is 1520. The number of anilines is 1. The molecule has 1 aliphatic heterocycles. The summed E-state index contributed by atoms with van der Waals surface area (Å²) in [6, 6.07) is 18.0. The number of hydrogen-bond acceptors (Lipinski definition) is 7. The number of carbonyl (C=O) groups is 2. The molecule has 3 aromatic rings. The number of ether oxygens (including phenoxy) is 1. The minimum absolute atomic E-state index is 0.0206. The van der Waals surface area contributed by atoms with Crippen LogP contribution < -0.4 is 16.4 Å². The maximum atomic E-state index is 13.6. The molecule has 0 bridgehead atoms. The first kappa shape index (κ1) is 34.2. The van der Waals surface area contributed by atoms with Crippen LogP contribution in [0.5, 0.6) is 0 Å². The molecule has 3 amide bonds. The number of sulfonamides is 1. The van der Waals surface area contributed by atoms with Gasteiger partial charge in [-0.15, -0.1) is 0 Å². The molecule has 0 aliphatic carbocycles. The lowest BCUT2D eigenvalue weighted by Gasteiger charge is -2.31. The molecular weight excluding hydrogens is 594 g/mol. The van der Waals surface area contributed by atoms with Gasteiger partial charge in [0.15, 0.2) is 0 Å². The van der Waals surface area contributed by atoms with E-state index in [-0.39, 0.29) is 42.4 Å². The maximum absolute atomic E-state index is 13.6. The third-order valence-electron chi connectivity index (χ3n) is 7.88. The van der Waals surface area contributed by atoms with E-state index >= 15 is 0 Å². The summed E-state index contributed by atoms with van der Waals surface area (Å²) >= 11 is 0. The zero-order valence-electron chi connectivity index (χ0n) is 26.0. The highest BCUT2D eigenvalue weighted by Gasteiger charge is 2.32. The summed E-state index contributed by atoms with van der Waals surface area (Å²) in [5.41, 5.74) is 7.15. The number of aliphatic hydroxyl groups excluding tert-OH is 1. The molecule has 11 nitrogen and oxygen atoms in total. The standard InChI is InChI=1S/C33H45N5O6S/c1-24(2)22-38(45(42,43)29-14-12-27(34)13-15-29)28(23-39)10-6-16-35-32(40)31(36-33(41)37-17-19-44-20-18-37)21-26-9-5-8-25-7-3-4-11-30(25)26/h3-5,7-9,11-15,24,28,31,39H,6,10,16-23,34H2,1-2H3,(H,35,40)(H,36,41)/t28-,31-/m0/s1. The average Bonchev–Trinajstić information content (AvgIpc) is 3.04. The zero-order valence-corrected chi connectivity index (χ0v) is 26.8. The monoisotopic (exact) mass is 639 g/mol. The van der Waals surface area contributed by atoms with Gasteiger partial charge in [-0.05, 0) is 59.4 Å². The molecule has 3 aromatic carbocycles. The third kappa shape index (κ3) is 9.16. The van der Waals surface area contributed by atoms with E-state index in [1.165, 1.54) is 28.6 Å². The van der Waals surface area contributed by atoms with Crippen LogP contribution in [0.4, 0.5) is 10.5 Å². The molecule has 0 spiro atoms. The molecule has 1 aliphatic rings. The lowest BCUT2D eigenvalue weighted by molar-refractivity contribution is -0.123. The fourth-order valence-corrected chi connectivity index (χ4v) is 7.29. The largest absolute Gasteiger partial charge is 0.399 e. The molecule has 1 fully saturated rings. The first-order chi connectivity index (χ1) is 21.6. The molecule has 244 valence electrons. The summed E-state index contributed by atoms with van der Waals surface area (Å²) in [6.07, 6.45) is 1.04. The second-order valence-electron chi connectivity index (χ2n) is 11.8. The minimum Gasteiger partial charge on any atom is -0.399 e. The number of nitrogens with two attached hydrogens (primary N) is 1. The van der Waals surface area contributed by atoms with E-state index < -0.39 is 22.1 Å². The van der Waals surface area contributed by atoms with E-state index in [4.69, 9.17) is 10.5 Å². The zero-order chi connectivity index (χ0) is 32.4. The number of benzene rings is 3. The molecule has 0 unspecified atom stereocenters. The summed E-state index contributed by atoms with van der Waals surface area (Å²) in [6.45, 7) is 5.73. The van der Waals surface area contributed by atoms with Gasteiger partial charge in [-0.1, -0.05) is 56.3 Å². The van der Waals surface area contributed by atoms with E-state index in [2.05, 4.69) is 10.6 Å². The molecule has 0 aromatic heterocycles. The summed E-state index contributed by atoms with van der Waals surface area (Å²) in [4.78, 5) is 28.4. The quantitative estimate of drug-likeness (QED) is 0.156. The second kappa shape index (κ2) is 16.0. The van der Waals surface area contributed by atoms with Gasteiger partial charge < -0.3 is 31.1 Å². The van der Waals surface area contributed by atoms with E-state index in [0.717, 1.165) is 16.3 Å². The number of carbonyl (C=O) groups excluding carboxylic acids is 2. The lowest BCUT2D eigenvalue weighted by atomic mass is 9.98. The van der Waals surface area contributed by atoms with Gasteiger partial charge in [0.25, 0.3) is 0 Å². The topological polar surface area (TPSA) is 154 Å². The third-order valence-corrected chi connectivity index (χ3v) is 9.81. The number of nitrogens with zero attached hydrogens (tertiary/aromatic N) is 2. The molecular formula is C33H45N5O6S. The van der Waals surface area contributed by atoms with Gasteiger partial charge in [-0.3, -0.25) is 4.79 Å². The Balaban J connectivity index is 1.44. The fraction of sp³-hybridized carbons (Fsp3) is 0.455. The van der Waals surface area contributed by atoms with Crippen molar-refractivity contribution >= 4 is 38.4 Å². The van der Waals surface area contributed by atoms with Crippen LogP contribution in [0.1, 0.15) is 32.3 Å². The van der Waals surface area contributed by atoms with Crippen molar-refractivity contribution in [1.29, 1.82) is 0 Å². The van der Waals surface area contributed by atoms with Gasteiger partial charge in [0.05, 0.1) is 24.7 Å². The van der Waals surface area contributed by atoms with Crippen molar-refractivity contribution in [2.45, 2.75) is 50.1 Å². The number of morpholine rings is 1. The summed E-state index contributed by atoms with van der Waals surface area (Å²) in [5, 5.41) is 18.2. The Morgan fingerprint density at radius 3 is 2.40 bits per heavy atom. The number of fused-ring (bicyclic) bond motifs is 1. The minimum atomic E-state index is -3.90. The molecule has 5 N–H and O–H groups in total. The van der Waals surface area contributed by atoms with Crippen LogP contribution in [0.3, 0.4) is 0 Å². The van der Waals surface area contributed by atoms with Crippen LogP contribution in [0.2, 0.25) is 0 Å². The molecule has 4 rings (SSSR count). The molecule has 0 radical (unpaired) electrons. The van der Waals surface area contributed by atoms with Gasteiger partial charge in [0, 0.05) is 44.3 Å². The number of rotatable bonds is 14. The van der Waals surface area contributed by atoms with Crippen LogP contribution >= 0.6 is 0 Å². The Morgan fingerprint density at radius 2 is 1.71 bits per heavy atom. The van der Waals surface area contributed by atoms with Crippen molar-refractivity contribution in [3.63, 3.8) is 0 Å². The highest BCUT2D eigenvalue weighted by atomic mass is 32.2. The molecule has 1 saturated heterocycles. The van der Waals surface area contributed by atoms with E-state index in [1.807, 2.05) is 56.3 Å². The lowest BCUT2D eigenvalue weighted by Crippen LogP contribution is -2.54. The number of hydrogen-bond donors (Lipinski definition) is 4. The normalized spacial score (nSPS) is 15.3. The average molecular weight is 640 g/mol. The van der Waals surface area contributed by atoms with Gasteiger partial charge >= 0.3 is 6.03 Å². The van der Waals surface area contributed by atoms with Crippen LogP contribution in [0.25, 0.3) is 10.8 Å².